The molecule has 0 fully saturated rings. The number of halogens is 4. The lowest BCUT2D eigenvalue weighted by molar-refractivity contribution is 0.587. The van der Waals surface area contributed by atoms with Crippen LogP contribution in [-0.2, 0) is 0 Å². The van der Waals surface area contributed by atoms with Gasteiger partial charge < -0.3 is 0 Å². The lowest BCUT2D eigenvalue weighted by Crippen LogP contribution is -2.06. The molecular formula is C17H16Cl2F2. The fraction of sp³-hybridized carbons (Fsp3) is 0.294. The molecule has 2 aromatic rings. The van der Waals surface area contributed by atoms with Gasteiger partial charge in [0.05, 0.1) is 10.4 Å². The van der Waals surface area contributed by atoms with Crippen LogP contribution in [-0.4, -0.2) is 0 Å². The second-order valence-corrected chi connectivity index (χ2v) is 6.17. The Morgan fingerprint density at radius 3 is 1.90 bits per heavy atom. The van der Waals surface area contributed by atoms with Crippen molar-refractivity contribution in [2.75, 3.05) is 0 Å². The molecule has 1 unspecified atom stereocenters. The van der Waals surface area contributed by atoms with E-state index in [0.29, 0.717) is 0 Å². The van der Waals surface area contributed by atoms with Gasteiger partial charge in [-0.15, -0.1) is 11.6 Å². The van der Waals surface area contributed by atoms with Gasteiger partial charge in [0.25, 0.3) is 0 Å². The van der Waals surface area contributed by atoms with Crippen LogP contribution in [0.2, 0.25) is 5.02 Å². The van der Waals surface area contributed by atoms with Gasteiger partial charge in [0.2, 0.25) is 0 Å². The lowest BCUT2D eigenvalue weighted by atomic mass is 9.89. The zero-order chi connectivity index (χ0) is 15.9. The van der Waals surface area contributed by atoms with E-state index in [2.05, 4.69) is 6.07 Å². The van der Waals surface area contributed by atoms with E-state index in [1.54, 1.807) is 0 Å². The molecule has 21 heavy (non-hydrogen) atoms. The summed E-state index contributed by atoms with van der Waals surface area (Å²) < 4.78 is 27.7. The fourth-order valence-corrected chi connectivity index (χ4v) is 3.16. The standard InChI is InChI=1S/C17H16Cl2F2/c1-8-5-9(2)11(4)16(10(8)3)17(19)12-6-15(21)13(18)7-14(12)20/h5-7,17H,1-4H3. The van der Waals surface area contributed by atoms with E-state index in [0.717, 1.165) is 39.9 Å². The van der Waals surface area contributed by atoms with E-state index in [1.165, 1.54) is 0 Å². The van der Waals surface area contributed by atoms with Crippen molar-refractivity contribution in [1.82, 2.24) is 0 Å². The van der Waals surface area contributed by atoms with Gasteiger partial charge in [-0.1, -0.05) is 17.7 Å². The molecule has 0 aromatic heterocycles. The molecule has 112 valence electrons. The summed E-state index contributed by atoms with van der Waals surface area (Å²) in [5.74, 6) is -1.27. The smallest absolute Gasteiger partial charge is 0.142 e. The molecule has 0 nitrogen and oxygen atoms in total. The third kappa shape index (κ3) is 2.93. The number of hydrogen-bond donors (Lipinski definition) is 0. The van der Waals surface area contributed by atoms with Crippen molar-refractivity contribution >= 4 is 23.2 Å². The van der Waals surface area contributed by atoms with E-state index in [1.807, 2.05) is 27.7 Å². The minimum atomic E-state index is -0.754. The minimum absolute atomic E-state index is 0.106. The highest BCUT2D eigenvalue weighted by atomic mass is 35.5. The van der Waals surface area contributed by atoms with E-state index >= 15 is 0 Å². The van der Waals surface area contributed by atoms with Crippen molar-refractivity contribution in [2.24, 2.45) is 0 Å². The molecule has 0 N–H and O–H groups in total. The summed E-state index contributed by atoms with van der Waals surface area (Å²) >= 11 is 12.1. The predicted octanol–water partition coefficient (Wildman–Crippen LogP) is 6.18. The molecule has 2 rings (SSSR count). The molecule has 0 amide bonds. The number of aryl methyl sites for hydroxylation is 2. The first-order valence-electron chi connectivity index (χ1n) is 6.59. The van der Waals surface area contributed by atoms with Gasteiger partial charge in [-0.25, -0.2) is 8.78 Å². The van der Waals surface area contributed by atoms with Crippen LogP contribution in [0.3, 0.4) is 0 Å². The van der Waals surface area contributed by atoms with Crippen molar-refractivity contribution in [1.29, 1.82) is 0 Å². The molecule has 0 aliphatic rings. The van der Waals surface area contributed by atoms with Crippen LogP contribution in [0.25, 0.3) is 0 Å². The van der Waals surface area contributed by atoms with Crippen molar-refractivity contribution in [3.8, 4) is 0 Å². The molecule has 0 saturated carbocycles. The van der Waals surface area contributed by atoms with Gasteiger partial charge in [-0.2, -0.15) is 0 Å². The first kappa shape index (κ1) is 16.3. The maximum atomic E-state index is 14.1. The molecule has 0 heterocycles. The topological polar surface area (TPSA) is 0 Å². The zero-order valence-corrected chi connectivity index (χ0v) is 13.8. The Morgan fingerprint density at radius 1 is 0.857 bits per heavy atom. The average Bonchev–Trinajstić information content (AvgIpc) is 2.40. The highest BCUT2D eigenvalue weighted by Gasteiger charge is 2.22. The molecule has 1 atom stereocenters. The first-order valence-corrected chi connectivity index (χ1v) is 7.41. The van der Waals surface area contributed by atoms with E-state index in [4.69, 9.17) is 23.2 Å². The molecule has 0 radical (unpaired) electrons. The van der Waals surface area contributed by atoms with Crippen molar-refractivity contribution in [2.45, 2.75) is 33.1 Å². The monoisotopic (exact) mass is 328 g/mol. The quantitative estimate of drug-likeness (QED) is 0.456. The summed E-state index contributed by atoms with van der Waals surface area (Å²) in [6.07, 6.45) is 0. The second-order valence-electron chi connectivity index (χ2n) is 5.32. The van der Waals surface area contributed by atoms with Crippen LogP contribution >= 0.6 is 23.2 Å². The minimum Gasteiger partial charge on any atom is -0.207 e. The molecule has 0 saturated heterocycles. The second kappa shape index (κ2) is 5.94. The van der Waals surface area contributed by atoms with E-state index in [9.17, 15) is 8.78 Å². The molecule has 0 aliphatic heterocycles. The van der Waals surface area contributed by atoms with E-state index in [-0.39, 0.29) is 10.6 Å². The Bertz CT molecular complexity index is 682. The fourth-order valence-electron chi connectivity index (χ4n) is 2.52. The van der Waals surface area contributed by atoms with Gasteiger partial charge >= 0.3 is 0 Å². The van der Waals surface area contributed by atoms with Crippen molar-refractivity contribution in [3.63, 3.8) is 0 Å². The summed E-state index contributed by atoms with van der Waals surface area (Å²) in [6, 6.07) is 4.11. The van der Waals surface area contributed by atoms with Gasteiger partial charge in [0.1, 0.15) is 11.6 Å². The van der Waals surface area contributed by atoms with Gasteiger partial charge in [-0.05, 0) is 67.6 Å². The van der Waals surface area contributed by atoms with Crippen LogP contribution in [0.15, 0.2) is 18.2 Å². The maximum Gasteiger partial charge on any atom is 0.142 e. The third-order valence-corrected chi connectivity index (χ3v) is 4.73. The Morgan fingerprint density at radius 2 is 1.38 bits per heavy atom. The Labute approximate surface area is 133 Å². The average molecular weight is 329 g/mol. The number of alkyl halides is 1. The Balaban J connectivity index is 2.66. The summed E-state index contributed by atoms with van der Waals surface area (Å²) in [5.41, 5.74) is 5.08. The molecule has 4 heteroatoms. The molecule has 0 bridgehead atoms. The number of benzene rings is 2. The van der Waals surface area contributed by atoms with Gasteiger partial charge in [-0.3, -0.25) is 0 Å². The van der Waals surface area contributed by atoms with Gasteiger partial charge in [0, 0.05) is 5.56 Å². The summed E-state index contributed by atoms with van der Waals surface area (Å²) in [5, 5.41) is -0.996. The van der Waals surface area contributed by atoms with Crippen LogP contribution < -0.4 is 0 Å². The molecule has 0 aliphatic carbocycles. The normalized spacial score (nSPS) is 12.6. The van der Waals surface area contributed by atoms with Crippen LogP contribution in [0.5, 0.6) is 0 Å². The Kier molecular flexibility index (Phi) is 4.60. The Hall–Kier alpha value is -1.12. The van der Waals surface area contributed by atoms with Crippen LogP contribution in [0, 0.1) is 39.3 Å². The van der Waals surface area contributed by atoms with Crippen LogP contribution in [0.1, 0.15) is 38.8 Å². The SMILES string of the molecule is Cc1cc(C)c(C)c(C(Cl)c2cc(F)c(Cl)cc2F)c1C. The highest BCUT2D eigenvalue weighted by Crippen LogP contribution is 2.38. The van der Waals surface area contributed by atoms with Crippen LogP contribution in [0.4, 0.5) is 8.78 Å². The zero-order valence-electron chi connectivity index (χ0n) is 12.3. The summed E-state index contributed by atoms with van der Waals surface area (Å²) in [6.45, 7) is 7.84. The molecule has 2 aromatic carbocycles. The molecular weight excluding hydrogens is 313 g/mol. The predicted molar refractivity (Wildman–Crippen MR) is 84.5 cm³/mol. The highest BCUT2D eigenvalue weighted by molar-refractivity contribution is 6.30. The van der Waals surface area contributed by atoms with Crippen molar-refractivity contribution < 1.29 is 8.78 Å². The number of rotatable bonds is 2. The third-order valence-electron chi connectivity index (χ3n) is 3.99. The summed E-state index contributed by atoms with van der Waals surface area (Å²) in [7, 11) is 0. The van der Waals surface area contributed by atoms with Crippen molar-refractivity contribution in [3.05, 3.63) is 68.2 Å². The maximum absolute atomic E-state index is 14.1. The van der Waals surface area contributed by atoms with Gasteiger partial charge in [0.15, 0.2) is 0 Å². The molecule has 0 spiro atoms. The summed E-state index contributed by atoms with van der Waals surface area (Å²) in [4.78, 5) is 0. The first-order chi connectivity index (χ1) is 9.73. The lowest BCUT2D eigenvalue weighted by Gasteiger charge is -2.20. The number of hydrogen-bond acceptors (Lipinski definition) is 0. The largest absolute Gasteiger partial charge is 0.207 e. The van der Waals surface area contributed by atoms with E-state index < -0.39 is 17.0 Å².